The molecule has 2 atom stereocenters. The summed E-state index contributed by atoms with van der Waals surface area (Å²) < 4.78 is 5.53. The number of ether oxygens (including phenoxy) is 1. The first kappa shape index (κ1) is 14.1. The van der Waals surface area contributed by atoms with Gasteiger partial charge in [0, 0.05) is 6.04 Å². The van der Waals surface area contributed by atoms with Gasteiger partial charge in [0.1, 0.15) is 6.61 Å². The molecule has 0 amide bonds. The minimum Gasteiger partial charge on any atom is -0.460 e. The van der Waals surface area contributed by atoms with E-state index in [2.05, 4.69) is 13.8 Å². The maximum absolute atomic E-state index is 12.4. The molecule has 3 heteroatoms. The predicted octanol–water partition coefficient (Wildman–Crippen LogP) is 2.88. The molecule has 2 unspecified atom stereocenters. The third kappa shape index (κ3) is 2.98. The smallest absolute Gasteiger partial charge is 0.312 e. The zero-order valence-electron chi connectivity index (χ0n) is 11.8. The molecule has 1 aromatic carbocycles. The first-order chi connectivity index (χ1) is 9.04. The number of esters is 1. The molecule has 1 aliphatic carbocycles. The van der Waals surface area contributed by atoms with E-state index < -0.39 is 0 Å². The topological polar surface area (TPSA) is 52.3 Å². The highest BCUT2D eigenvalue weighted by Crippen LogP contribution is 2.44. The average molecular weight is 261 g/mol. The van der Waals surface area contributed by atoms with Gasteiger partial charge in [0.15, 0.2) is 0 Å². The summed E-state index contributed by atoms with van der Waals surface area (Å²) in [7, 11) is 0. The summed E-state index contributed by atoms with van der Waals surface area (Å²) >= 11 is 0. The minimum atomic E-state index is -0.381. The van der Waals surface area contributed by atoms with Gasteiger partial charge in [0.2, 0.25) is 0 Å². The standard InChI is InChI=1S/C16H23NO2/c1-12(2)16(9-8-14(17)10-16)15(18)19-11-13-6-4-3-5-7-13/h3-7,12,14H,8-11,17H2,1-2H3. The molecule has 19 heavy (non-hydrogen) atoms. The lowest BCUT2D eigenvalue weighted by Gasteiger charge is -2.31. The summed E-state index contributed by atoms with van der Waals surface area (Å²) in [5.41, 5.74) is 6.63. The zero-order chi connectivity index (χ0) is 13.9. The van der Waals surface area contributed by atoms with Crippen LogP contribution in [0, 0.1) is 11.3 Å². The van der Waals surface area contributed by atoms with Crippen molar-refractivity contribution in [1.82, 2.24) is 0 Å². The maximum Gasteiger partial charge on any atom is 0.312 e. The molecule has 0 bridgehead atoms. The van der Waals surface area contributed by atoms with E-state index in [0.29, 0.717) is 6.61 Å². The third-order valence-electron chi connectivity index (χ3n) is 4.31. The van der Waals surface area contributed by atoms with Crippen LogP contribution in [0.3, 0.4) is 0 Å². The molecule has 1 fully saturated rings. The Morgan fingerprint density at radius 3 is 2.63 bits per heavy atom. The van der Waals surface area contributed by atoms with Gasteiger partial charge in [-0.05, 0) is 30.7 Å². The molecule has 1 aliphatic rings. The molecule has 104 valence electrons. The van der Waals surface area contributed by atoms with Gasteiger partial charge in [-0.25, -0.2) is 0 Å². The van der Waals surface area contributed by atoms with Crippen molar-refractivity contribution in [1.29, 1.82) is 0 Å². The normalized spacial score (nSPS) is 26.6. The summed E-state index contributed by atoms with van der Waals surface area (Å²) in [6.07, 6.45) is 2.51. The highest BCUT2D eigenvalue weighted by atomic mass is 16.5. The molecule has 2 N–H and O–H groups in total. The van der Waals surface area contributed by atoms with Crippen LogP contribution in [0.4, 0.5) is 0 Å². The molecule has 0 aromatic heterocycles. The monoisotopic (exact) mass is 261 g/mol. The summed E-state index contributed by atoms with van der Waals surface area (Å²) in [5.74, 6) is 0.184. The predicted molar refractivity (Wildman–Crippen MR) is 75.3 cm³/mol. The van der Waals surface area contributed by atoms with Crippen molar-refractivity contribution in [3.8, 4) is 0 Å². The van der Waals surface area contributed by atoms with E-state index in [-0.39, 0.29) is 23.3 Å². The molecule has 0 spiro atoms. The second-order valence-electron chi connectivity index (χ2n) is 5.88. The molecular formula is C16H23NO2. The van der Waals surface area contributed by atoms with E-state index in [0.717, 1.165) is 24.8 Å². The van der Waals surface area contributed by atoms with E-state index >= 15 is 0 Å². The lowest BCUT2D eigenvalue weighted by atomic mass is 9.75. The van der Waals surface area contributed by atoms with Gasteiger partial charge >= 0.3 is 5.97 Å². The van der Waals surface area contributed by atoms with Crippen LogP contribution in [-0.2, 0) is 16.1 Å². The van der Waals surface area contributed by atoms with E-state index in [1.807, 2.05) is 30.3 Å². The molecule has 0 radical (unpaired) electrons. The second kappa shape index (κ2) is 5.74. The first-order valence-electron chi connectivity index (χ1n) is 7.01. The van der Waals surface area contributed by atoms with E-state index in [9.17, 15) is 4.79 Å². The first-order valence-corrected chi connectivity index (χ1v) is 7.01. The molecule has 1 aromatic rings. The largest absolute Gasteiger partial charge is 0.460 e. The Morgan fingerprint density at radius 2 is 2.11 bits per heavy atom. The lowest BCUT2D eigenvalue weighted by molar-refractivity contribution is -0.160. The SMILES string of the molecule is CC(C)C1(C(=O)OCc2ccccc2)CCC(N)C1. The fraction of sp³-hybridized carbons (Fsp3) is 0.562. The van der Waals surface area contributed by atoms with Gasteiger partial charge in [0.05, 0.1) is 5.41 Å². The van der Waals surface area contributed by atoms with Crippen LogP contribution < -0.4 is 5.73 Å². The minimum absolute atomic E-state index is 0.0840. The number of carbonyl (C=O) groups excluding carboxylic acids is 1. The van der Waals surface area contributed by atoms with Crippen LogP contribution in [0.1, 0.15) is 38.7 Å². The molecule has 1 saturated carbocycles. The van der Waals surface area contributed by atoms with Gasteiger partial charge in [-0.15, -0.1) is 0 Å². The zero-order valence-corrected chi connectivity index (χ0v) is 11.8. The van der Waals surface area contributed by atoms with E-state index in [4.69, 9.17) is 10.5 Å². The number of rotatable bonds is 4. The van der Waals surface area contributed by atoms with Gasteiger partial charge in [-0.3, -0.25) is 4.79 Å². The fourth-order valence-corrected chi connectivity index (χ4v) is 2.93. The van der Waals surface area contributed by atoms with Crippen molar-refractivity contribution in [3.63, 3.8) is 0 Å². The number of hydrogen-bond acceptors (Lipinski definition) is 3. The van der Waals surface area contributed by atoms with Crippen LogP contribution in [0.15, 0.2) is 30.3 Å². The Kier molecular flexibility index (Phi) is 4.25. The van der Waals surface area contributed by atoms with Crippen molar-refractivity contribution < 1.29 is 9.53 Å². The molecule has 3 nitrogen and oxygen atoms in total. The van der Waals surface area contributed by atoms with Crippen LogP contribution in [-0.4, -0.2) is 12.0 Å². The summed E-state index contributed by atoms with van der Waals surface area (Å²) in [5, 5.41) is 0. The molecule has 0 saturated heterocycles. The summed E-state index contributed by atoms with van der Waals surface area (Å²) in [6.45, 7) is 4.52. The summed E-state index contributed by atoms with van der Waals surface area (Å²) in [4.78, 5) is 12.4. The number of nitrogens with two attached hydrogens (primary N) is 1. The van der Waals surface area contributed by atoms with Crippen LogP contribution in [0.5, 0.6) is 0 Å². The van der Waals surface area contributed by atoms with Crippen LogP contribution >= 0.6 is 0 Å². The lowest BCUT2D eigenvalue weighted by Crippen LogP contribution is -2.36. The number of carbonyl (C=O) groups is 1. The van der Waals surface area contributed by atoms with Crippen molar-refractivity contribution in [2.24, 2.45) is 17.1 Å². The highest BCUT2D eigenvalue weighted by molar-refractivity contribution is 5.77. The van der Waals surface area contributed by atoms with Gasteiger partial charge in [0.25, 0.3) is 0 Å². The van der Waals surface area contributed by atoms with Gasteiger partial charge in [-0.1, -0.05) is 44.2 Å². The molecular weight excluding hydrogens is 238 g/mol. The molecule has 2 rings (SSSR count). The average Bonchev–Trinajstić information content (AvgIpc) is 2.81. The van der Waals surface area contributed by atoms with Crippen molar-refractivity contribution in [2.75, 3.05) is 0 Å². The molecule has 0 heterocycles. The maximum atomic E-state index is 12.4. The van der Waals surface area contributed by atoms with E-state index in [1.54, 1.807) is 0 Å². The second-order valence-corrected chi connectivity index (χ2v) is 5.88. The Balaban J connectivity index is 2.01. The summed E-state index contributed by atoms with van der Waals surface area (Å²) in [6, 6.07) is 9.92. The Bertz CT molecular complexity index is 430. The fourth-order valence-electron chi connectivity index (χ4n) is 2.93. The van der Waals surface area contributed by atoms with Crippen LogP contribution in [0.25, 0.3) is 0 Å². The van der Waals surface area contributed by atoms with Gasteiger partial charge in [-0.2, -0.15) is 0 Å². The quantitative estimate of drug-likeness (QED) is 0.848. The van der Waals surface area contributed by atoms with Crippen molar-refractivity contribution >= 4 is 5.97 Å². The Hall–Kier alpha value is -1.35. The highest BCUT2D eigenvalue weighted by Gasteiger charge is 2.47. The Morgan fingerprint density at radius 1 is 1.42 bits per heavy atom. The Labute approximate surface area is 115 Å². The van der Waals surface area contributed by atoms with Crippen molar-refractivity contribution in [2.45, 2.75) is 45.8 Å². The van der Waals surface area contributed by atoms with Gasteiger partial charge < -0.3 is 10.5 Å². The van der Waals surface area contributed by atoms with E-state index in [1.165, 1.54) is 0 Å². The molecule has 0 aliphatic heterocycles. The van der Waals surface area contributed by atoms with Crippen LogP contribution in [0.2, 0.25) is 0 Å². The number of hydrogen-bond donors (Lipinski definition) is 1. The third-order valence-corrected chi connectivity index (χ3v) is 4.31. The number of benzene rings is 1. The van der Waals surface area contributed by atoms with Crippen molar-refractivity contribution in [3.05, 3.63) is 35.9 Å².